The summed E-state index contributed by atoms with van der Waals surface area (Å²) in [6.45, 7) is 5.72. The van der Waals surface area contributed by atoms with Crippen LogP contribution < -0.4 is 5.32 Å². The van der Waals surface area contributed by atoms with Gasteiger partial charge in [0.2, 0.25) is 0 Å². The highest BCUT2D eigenvalue weighted by Crippen LogP contribution is 2.16. The number of aryl methyl sites for hydroxylation is 1. The molecule has 96 valence electrons. The molecular weight excluding hydrogens is 237 g/mol. The second-order valence-electron chi connectivity index (χ2n) is 4.54. The van der Waals surface area contributed by atoms with Gasteiger partial charge in [0, 0.05) is 34.9 Å². The lowest BCUT2D eigenvalue weighted by atomic mass is 10.1. The Balaban J connectivity index is 2.66. The van der Waals surface area contributed by atoms with Crippen molar-refractivity contribution in [2.24, 2.45) is 0 Å². The summed E-state index contributed by atoms with van der Waals surface area (Å²) in [5.41, 5.74) is 1.57. The third kappa shape index (κ3) is 4.56. The van der Waals surface area contributed by atoms with Gasteiger partial charge in [0.15, 0.2) is 0 Å². The standard InChI is InChI=1S/C13H20FNOS/c1-9-5-6-12(7-13(9)14)11(3)15-10(2)8-17(4)16/h5-7,10-11,15H,8H2,1-4H3. The van der Waals surface area contributed by atoms with Crippen LogP contribution in [0.3, 0.4) is 0 Å². The van der Waals surface area contributed by atoms with Crippen LogP contribution in [-0.2, 0) is 10.8 Å². The minimum atomic E-state index is -0.813. The van der Waals surface area contributed by atoms with Crippen LogP contribution >= 0.6 is 0 Å². The lowest BCUT2D eigenvalue weighted by molar-refractivity contribution is 0.504. The molecule has 1 N–H and O–H groups in total. The van der Waals surface area contributed by atoms with E-state index in [0.29, 0.717) is 11.3 Å². The second kappa shape index (κ2) is 6.26. The number of rotatable bonds is 5. The summed E-state index contributed by atoms with van der Waals surface area (Å²) in [7, 11) is -0.813. The number of halogens is 1. The fourth-order valence-corrected chi connectivity index (χ4v) is 2.60. The fraction of sp³-hybridized carbons (Fsp3) is 0.538. The minimum Gasteiger partial charge on any atom is -0.307 e. The van der Waals surface area contributed by atoms with Crippen molar-refractivity contribution in [2.75, 3.05) is 12.0 Å². The average molecular weight is 257 g/mol. The van der Waals surface area contributed by atoms with Gasteiger partial charge >= 0.3 is 0 Å². The van der Waals surface area contributed by atoms with Crippen LogP contribution in [0.15, 0.2) is 18.2 Å². The molecule has 1 aromatic carbocycles. The van der Waals surface area contributed by atoms with Crippen molar-refractivity contribution in [2.45, 2.75) is 32.9 Å². The van der Waals surface area contributed by atoms with Gasteiger partial charge in [-0.2, -0.15) is 0 Å². The van der Waals surface area contributed by atoms with Crippen LogP contribution in [0.2, 0.25) is 0 Å². The van der Waals surface area contributed by atoms with Crippen LogP contribution in [0.1, 0.15) is 31.0 Å². The molecule has 0 spiro atoms. The molecule has 1 aromatic rings. The van der Waals surface area contributed by atoms with E-state index in [1.54, 1.807) is 25.3 Å². The van der Waals surface area contributed by atoms with Gasteiger partial charge < -0.3 is 5.32 Å². The predicted molar refractivity (Wildman–Crippen MR) is 71.1 cm³/mol. The zero-order chi connectivity index (χ0) is 13.0. The van der Waals surface area contributed by atoms with E-state index in [1.807, 2.05) is 19.9 Å². The molecule has 17 heavy (non-hydrogen) atoms. The number of hydrogen-bond donors (Lipinski definition) is 1. The zero-order valence-corrected chi connectivity index (χ0v) is 11.6. The van der Waals surface area contributed by atoms with Gasteiger partial charge in [-0.15, -0.1) is 0 Å². The quantitative estimate of drug-likeness (QED) is 0.878. The Labute approximate surface area is 105 Å². The van der Waals surface area contributed by atoms with E-state index >= 15 is 0 Å². The van der Waals surface area contributed by atoms with Gasteiger partial charge in [-0.3, -0.25) is 4.21 Å². The summed E-state index contributed by atoms with van der Waals surface area (Å²) in [6, 6.07) is 5.48. The maximum Gasteiger partial charge on any atom is 0.126 e. The van der Waals surface area contributed by atoms with E-state index in [2.05, 4.69) is 5.32 Å². The van der Waals surface area contributed by atoms with E-state index in [1.165, 1.54) is 0 Å². The maximum absolute atomic E-state index is 13.4. The summed E-state index contributed by atoms with van der Waals surface area (Å²) >= 11 is 0. The van der Waals surface area contributed by atoms with Crippen LogP contribution in [0, 0.1) is 12.7 Å². The highest BCUT2D eigenvalue weighted by atomic mass is 32.2. The largest absolute Gasteiger partial charge is 0.307 e. The first-order valence-electron chi connectivity index (χ1n) is 5.72. The first kappa shape index (κ1) is 14.3. The molecule has 0 saturated heterocycles. The number of hydrogen-bond acceptors (Lipinski definition) is 2. The summed E-state index contributed by atoms with van der Waals surface area (Å²) in [5, 5.41) is 3.31. The molecule has 0 heterocycles. The van der Waals surface area contributed by atoms with E-state index in [-0.39, 0.29) is 17.9 Å². The first-order chi connectivity index (χ1) is 7.90. The molecule has 0 radical (unpaired) electrons. The Kier molecular flexibility index (Phi) is 5.28. The molecule has 0 amide bonds. The molecule has 0 aliphatic carbocycles. The van der Waals surface area contributed by atoms with Crippen molar-refractivity contribution in [3.05, 3.63) is 35.1 Å². The minimum absolute atomic E-state index is 0.0589. The SMILES string of the molecule is Cc1ccc(C(C)NC(C)CS(C)=O)cc1F. The molecule has 0 aromatic heterocycles. The van der Waals surface area contributed by atoms with Crippen LogP contribution in [0.25, 0.3) is 0 Å². The van der Waals surface area contributed by atoms with Gasteiger partial charge in [-0.25, -0.2) is 4.39 Å². The van der Waals surface area contributed by atoms with E-state index in [0.717, 1.165) is 5.56 Å². The monoisotopic (exact) mass is 257 g/mol. The Morgan fingerprint density at radius 2 is 2.06 bits per heavy atom. The number of benzene rings is 1. The molecular formula is C13H20FNOS. The maximum atomic E-state index is 13.4. The van der Waals surface area contributed by atoms with Gasteiger partial charge in [0.05, 0.1) is 0 Å². The van der Waals surface area contributed by atoms with Gasteiger partial charge in [-0.1, -0.05) is 12.1 Å². The van der Waals surface area contributed by atoms with Crippen LogP contribution in [0.4, 0.5) is 4.39 Å². The van der Waals surface area contributed by atoms with Crippen molar-refractivity contribution in [3.63, 3.8) is 0 Å². The van der Waals surface area contributed by atoms with Gasteiger partial charge in [0.1, 0.15) is 5.82 Å². The smallest absolute Gasteiger partial charge is 0.126 e. The van der Waals surface area contributed by atoms with Gasteiger partial charge in [-0.05, 0) is 38.0 Å². The highest BCUT2D eigenvalue weighted by molar-refractivity contribution is 7.84. The summed E-state index contributed by atoms with van der Waals surface area (Å²) < 4.78 is 24.5. The zero-order valence-electron chi connectivity index (χ0n) is 10.8. The first-order valence-corrected chi connectivity index (χ1v) is 7.45. The highest BCUT2D eigenvalue weighted by Gasteiger charge is 2.11. The summed E-state index contributed by atoms with van der Waals surface area (Å²) in [5.74, 6) is 0.432. The topological polar surface area (TPSA) is 29.1 Å². The third-order valence-corrected chi connectivity index (χ3v) is 3.68. The van der Waals surface area contributed by atoms with Crippen molar-refractivity contribution in [1.29, 1.82) is 0 Å². The number of nitrogens with one attached hydrogen (secondary N) is 1. The van der Waals surface area contributed by atoms with Crippen molar-refractivity contribution in [1.82, 2.24) is 5.32 Å². The van der Waals surface area contributed by atoms with Crippen molar-refractivity contribution in [3.8, 4) is 0 Å². The van der Waals surface area contributed by atoms with Crippen molar-refractivity contribution < 1.29 is 8.60 Å². The molecule has 4 heteroatoms. The molecule has 3 atom stereocenters. The van der Waals surface area contributed by atoms with E-state index < -0.39 is 10.8 Å². The predicted octanol–water partition coefficient (Wildman–Crippen LogP) is 2.55. The van der Waals surface area contributed by atoms with E-state index in [4.69, 9.17) is 0 Å². The summed E-state index contributed by atoms with van der Waals surface area (Å²) in [6.07, 6.45) is 1.69. The van der Waals surface area contributed by atoms with Gasteiger partial charge in [0.25, 0.3) is 0 Å². The van der Waals surface area contributed by atoms with Crippen LogP contribution in [0.5, 0.6) is 0 Å². The Bertz CT molecular complexity index is 408. The summed E-state index contributed by atoms with van der Waals surface area (Å²) in [4.78, 5) is 0. The average Bonchev–Trinajstić information content (AvgIpc) is 2.20. The molecule has 2 nitrogen and oxygen atoms in total. The molecule has 1 rings (SSSR count). The normalized spacial score (nSPS) is 16.5. The lowest BCUT2D eigenvalue weighted by Gasteiger charge is -2.20. The molecule has 3 unspecified atom stereocenters. The Hall–Kier alpha value is -0.740. The Morgan fingerprint density at radius 3 is 2.59 bits per heavy atom. The molecule has 0 saturated carbocycles. The Morgan fingerprint density at radius 1 is 1.41 bits per heavy atom. The second-order valence-corrected chi connectivity index (χ2v) is 6.02. The fourth-order valence-electron chi connectivity index (χ4n) is 1.80. The van der Waals surface area contributed by atoms with E-state index in [9.17, 15) is 8.60 Å². The molecule has 0 aliphatic heterocycles. The van der Waals surface area contributed by atoms with Crippen LogP contribution in [-0.4, -0.2) is 22.3 Å². The molecule has 0 fully saturated rings. The van der Waals surface area contributed by atoms with Crippen molar-refractivity contribution >= 4 is 10.8 Å². The third-order valence-electron chi connectivity index (χ3n) is 2.72. The molecule has 0 aliphatic rings. The lowest BCUT2D eigenvalue weighted by Crippen LogP contribution is -2.33. The molecule has 0 bridgehead atoms.